The number of hydrogen-bond acceptors (Lipinski definition) is 2. The summed E-state index contributed by atoms with van der Waals surface area (Å²) in [7, 11) is 0. The largest absolute Gasteiger partial charge is 0.370 e. The molecule has 1 rings (SSSR count). The van der Waals surface area contributed by atoms with Gasteiger partial charge in [0.1, 0.15) is 0 Å². The van der Waals surface area contributed by atoms with Crippen molar-refractivity contribution in [1.82, 2.24) is 0 Å². The van der Waals surface area contributed by atoms with E-state index in [9.17, 15) is 4.79 Å². The Morgan fingerprint density at radius 2 is 1.85 bits per heavy atom. The molecule has 0 spiro atoms. The summed E-state index contributed by atoms with van der Waals surface area (Å²) in [5.74, 6) is -0.118. The molecule has 1 aromatic carbocycles. The second-order valence-corrected chi connectivity index (χ2v) is 5.37. The molecule has 6 heteroatoms. The summed E-state index contributed by atoms with van der Waals surface area (Å²) in [5, 5.41) is 3.00. The molecule has 0 aliphatic heterocycles. The molecule has 0 saturated heterocycles. The number of anilines is 1. The summed E-state index contributed by atoms with van der Waals surface area (Å²) in [5.41, 5.74) is 13.6. The van der Waals surface area contributed by atoms with Crippen LogP contribution >= 0.6 is 24.0 Å². The van der Waals surface area contributed by atoms with Crippen molar-refractivity contribution >= 4 is 41.5 Å². The van der Waals surface area contributed by atoms with Gasteiger partial charge in [0.2, 0.25) is 5.91 Å². The standard InChI is InChI=1S/C14H22N4O.HI/c1-9-5-6-11(7-10(9)2)18-13(16)17-8-14(3,4)12(15)19;/h5-7H,8H2,1-4H3,(H2,15,19)(H3,16,17,18);1H. The van der Waals surface area contributed by atoms with E-state index >= 15 is 0 Å². The Labute approximate surface area is 137 Å². The number of guanidine groups is 1. The fourth-order valence-corrected chi connectivity index (χ4v) is 1.37. The molecule has 0 bridgehead atoms. The number of benzene rings is 1. The monoisotopic (exact) mass is 390 g/mol. The molecule has 0 saturated carbocycles. The van der Waals surface area contributed by atoms with Gasteiger partial charge in [0.15, 0.2) is 5.96 Å². The first kappa shape index (κ1) is 18.7. The number of aliphatic imine (C=N–C) groups is 1. The SMILES string of the molecule is Cc1ccc(NC(N)=NCC(C)(C)C(N)=O)cc1C.I. The van der Waals surface area contributed by atoms with Crippen molar-refractivity contribution in [2.24, 2.45) is 21.9 Å². The van der Waals surface area contributed by atoms with Crippen LogP contribution in [0.15, 0.2) is 23.2 Å². The summed E-state index contributed by atoms with van der Waals surface area (Å²) in [6, 6.07) is 5.94. The molecule has 5 N–H and O–H groups in total. The zero-order chi connectivity index (χ0) is 14.6. The summed E-state index contributed by atoms with van der Waals surface area (Å²) >= 11 is 0. The molecular weight excluding hydrogens is 367 g/mol. The van der Waals surface area contributed by atoms with Gasteiger partial charge >= 0.3 is 0 Å². The van der Waals surface area contributed by atoms with Crippen LogP contribution < -0.4 is 16.8 Å². The third-order valence-electron chi connectivity index (χ3n) is 3.09. The summed E-state index contributed by atoms with van der Waals surface area (Å²) in [6.45, 7) is 7.81. The molecule has 0 aromatic heterocycles. The highest BCUT2D eigenvalue weighted by Gasteiger charge is 2.24. The zero-order valence-electron chi connectivity index (χ0n) is 12.4. The fraction of sp³-hybridized carbons (Fsp3) is 0.429. The fourth-order valence-electron chi connectivity index (χ4n) is 1.37. The van der Waals surface area contributed by atoms with Crippen molar-refractivity contribution in [1.29, 1.82) is 0 Å². The van der Waals surface area contributed by atoms with Gasteiger partial charge in [0.05, 0.1) is 12.0 Å². The molecule has 0 fully saturated rings. The number of halogens is 1. The smallest absolute Gasteiger partial charge is 0.224 e. The number of amides is 1. The first-order valence-electron chi connectivity index (χ1n) is 6.16. The number of carbonyl (C=O) groups is 1. The minimum absolute atomic E-state index is 0. The quantitative estimate of drug-likeness (QED) is 0.418. The van der Waals surface area contributed by atoms with Gasteiger partial charge in [-0.2, -0.15) is 0 Å². The van der Waals surface area contributed by atoms with Crippen LogP contribution in [0.4, 0.5) is 5.69 Å². The van der Waals surface area contributed by atoms with Crippen molar-refractivity contribution in [3.63, 3.8) is 0 Å². The Kier molecular flexibility index (Phi) is 6.98. The van der Waals surface area contributed by atoms with Crippen molar-refractivity contribution < 1.29 is 4.79 Å². The summed E-state index contributed by atoms with van der Waals surface area (Å²) < 4.78 is 0. The number of carbonyl (C=O) groups excluding carboxylic acids is 1. The van der Waals surface area contributed by atoms with Crippen LogP contribution in [0.1, 0.15) is 25.0 Å². The van der Waals surface area contributed by atoms with Gasteiger partial charge in [-0.3, -0.25) is 9.79 Å². The molecule has 1 amide bonds. The summed E-state index contributed by atoms with van der Waals surface area (Å²) in [6.07, 6.45) is 0. The lowest BCUT2D eigenvalue weighted by molar-refractivity contribution is -0.125. The highest BCUT2D eigenvalue weighted by atomic mass is 127. The third kappa shape index (κ3) is 5.36. The van der Waals surface area contributed by atoms with E-state index in [1.807, 2.05) is 32.0 Å². The van der Waals surface area contributed by atoms with Gasteiger partial charge in [-0.1, -0.05) is 6.07 Å². The number of hydrogen-bond donors (Lipinski definition) is 3. The maximum Gasteiger partial charge on any atom is 0.224 e. The number of aryl methyl sites for hydroxylation is 2. The van der Waals surface area contributed by atoms with E-state index in [1.165, 1.54) is 11.1 Å². The third-order valence-corrected chi connectivity index (χ3v) is 3.09. The van der Waals surface area contributed by atoms with Crippen molar-refractivity contribution in [3.05, 3.63) is 29.3 Å². The number of nitrogens with zero attached hydrogens (tertiary/aromatic N) is 1. The van der Waals surface area contributed by atoms with Gasteiger partial charge in [-0.15, -0.1) is 24.0 Å². The number of nitrogens with two attached hydrogens (primary N) is 2. The van der Waals surface area contributed by atoms with E-state index in [2.05, 4.69) is 10.3 Å². The van der Waals surface area contributed by atoms with Crippen LogP contribution in [-0.4, -0.2) is 18.4 Å². The van der Waals surface area contributed by atoms with Gasteiger partial charge in [0, 0.05) is 5.69 Å². The van der Waals surface area contributed by atoms with Gasteiger partial charge in [-0.25, -0.2) is 0 Å². The number of nitrogens with one attached hydrogen (secondary N) is 1. The molecule has 20 heavy (non-hydrogen) atoms. The molecule has 5 nitrogen and oxygen atoms in total. The number of rotatable bonds is 4. The molecule has 0 radical (unpaired) electrons. The van der Waals surface area contributed by atoms with Crippen LogP contribution in [0.25, 0.3) is 0 Å². The van der Waals surface area contributed by atoms with Crippen molar-refractivity contribution in [2.75, 3.05) is 11.9 Å². The van der Waals surface area contributed by atoms with Gasteiger partial charge in [0.25, 0.3) is 0 Å². The molecular formula is C14H23IN4O. The van der Waals surface area contributed by atoms with Crippen LogP contribution in [-0.2, 0) is 4.79 Å². The van der Waals surface area contributed by atoms with E-state index in [-0.39, 0.29) is 36.5 Å². The Morgan fingerprint density at radius 1 is 1.25 bits per heavy atom. The molecule has 1 aromatic rings. The Balaban J connectivity index is 0.00000361. The van der Waals surface area contributed by atoms with Crippen molar-refractivity contribution in [2.45, 2.75) is 27.7 Å². The van der Waals surface area contributed by atoms with Gasteiger partial charge in [-0.05, 0) is 51.0 Å². The minimum Gasteiger partial charge on any atom is -0.370 e. The van der Waals surface area contributed by atoms with E-state index in [0.717, 1.165) is 5.69 Å². The molecule has 0 unspecified atom stereocenters. The second kappa shape index (κ2) is 7.47. The lowest BCUT2D eigenvalue weighted by Crippen LogP contribution is -2.35. The van der Waals surface area contributed by atoms with Crippen LogP contribution in [0, 0.1) is 19.3 Å². The van der Waals surface area contributed by atoms with E-state index in [0.29, 0.717) is 0 Å². The van der Waals surface area contributed by atoms with E-state index < -0.39 is 11.3 Å². The second-order valence-electron chi connectivity index (χ2n) is 5.37. The van der Waals surface area contributed by atoms with Crippen LogP contribution in [0.3, 0.4) is 0 Å². The average molecular weight is 390 g/mol. The lowest BCUT2D eigenvalue weighted by Gasteiger charge is -2.17. The maximum absolute atomic E-state index is 11.2. The zero-order valence-corrected chi connectivity index (χ0v) is 14.7. The highest BCUT2D eigenvalue weighted by molar-refractivity contribution is 14.0. The van der Waals surface area contributed by atoms with E-state index in [4.69, 9.17) is 11.5 Å². The molecule has 0 aliphatic rings. The minimum atomic E-state index is -0.699. The Hall–Kier alpha value is -1.31. The lowest BCUT2D eigenvalue weighted by atomic mass is 9.93. The molecule has 0 atom stereocenters. The summed E-state index contributed by atoms with van der Waals surface area (Å²) in [4.78, 5) is 15.3. The van der Waals surface area contributed by atoms with Gasteiger partial charge < -0.3 is 16.8 Å². The van der Waals surface area contributed by atoms with Crippen LogP contribution in [0.5, 0.6) is 0 Å². The van der Waals surface area contributed by atoms with E-state index in [1.54, 1.807) is 13.8 Å². The number of primary amides is 1. The topological polar surface area (TPSA) is 93.5 Å². The normalized spacial score (nSPS) is 11.7. The first-order chi connectivity index (χ1) is 8.72. The Morgan fingerprint density at radius 3 is 2.35 bits per heavy atom. The predicted octanol–water partition coefficient (Wildman–Crippen LogP) is 2.16. The first-order valence-corrected chi connectivity index (χ1v) is 6.16. The van der Waals surface area contributed by atoms with Crippen LogP contribution in [0.2, 0.25) is 0 Å². The van der Waals surface area contributed by atoms with Crippen molar-refractivity contribution in [3.8, 4) is 0 Å². The average Bonchev–Trinajstić information content (AvgIpc) is 2.31. The molecule has 0 heterocycles. The predicted molar refractivity (Wildman–Crippen MR) is 94.4 cm³/mol. The maximum atomic E-state index is 11.2. The Bertz CT molecular complexity index is 512. The molecule has 112 valence electrons. The molecule has 0 aliphatic carbocycles. The highest BCUT2D eigenvalue weighted by Crippen LogP contribution is 2.15.